The molecule has 0 radical (unpaired) electrons. The average Bonchev–Trinajstić information content (AvgIpc) is 3.02. The number of nitrogens with one attached hydrogen (secondary N) is 1. The molecule has 0 bridgehead atoms. The van der Waals surface area contributed by atoms with Gasteiger partial charge in [0.1, 0.15) is 18.4 Å². The first-order valence-corrected chi connectivity index (χ1v) is 8.98. The molecule has 2 aliphatic heterocycles. The van der Waals surface area contributed by atoms with Crippen LogP contribution in [0.1, 0.15) is 19.8 Å². The number of carbonyl (C=O) groups is 2. The molecule has 5 nitrogen and oxygen atoms in total. The van der Waals surface area contributed by atoms with Crippen molar-refractivity contribution in [2.45, 2.75) is 30.7 Å². The summed E-state index contributed by atoms with van der Waals surface area (Å²) in [5, 5.41) is 3.51. The highest BCUT2D eigenvalue weighted by molar-refractivity contribution is 8.01. The van der Waals surface area contributed by atoms with E-state index in [1.807, 2.05) is 6.92 Å². The maximum atomic E-state index is 12.3. The molecule has 124 valence electrons. The van der Waals surface area contributed by atoms with Crippen molar-refractivity contribution in [3.63, 3.8) is 0 Å². The van der Waals surface area contributed by atoms with Gasteiger partial charge in [-0.3, -0.25) is 9.59 Å². The zero-order valence-corrected chi connectivity index (χ0v) is 14.5. The zero-order chi connectivity index (χ0) is 16.4. The topological polar surface area (TPSA) is 58.6 Å². The fourth-order valence-electron chi connectivity index (χ4n) is 3.01. The second-order valence-corrected chi connectivity index (χ2v) is 7.80. The first kappa shape index (κ1) is 16.5. The Labute approximate surface area is 144 Å². The molecule has 7 heteroatoms. The lowest BCUT2D eigenvalue weighted by Gasteiger charge is -2.29. The van der Waals surface area contributed by atoms with Crippen molar-refractivity contribution in [1.29, 1.82) is 0 Å². The summed E-state index contributed by atoms with van der Waals surface area (Å²) < 4.78 is 5.54. The number of ether oxygens (including phenoxy) is 1. The predicted octanol–water partition coefficient (Wildman–Crippen LogP) is 2.29. The Morgan fingerprint density at radius 1 is 1.48 bits per heavy atom. The first-order valence-electron chi connectivity index (χ1n) is 7.62. The Balaban J connectivity index is 1.46. The molecule has 0 aliphatic carbocycles. The number of rotatable bonds is 5. The van der Waals surface area contributed by atoms with Crippen molar-refractivity contribution in [1.82, 2.24) is 10.2 Å². The quantitative estimate of drug-likeness (QED) is 0.824. The molecular formula is C16H19ClN2O3S. The van der Waals surface area contributed by atoms with Crippen LogP contribution >= 0.6 is 23.4 Å². The van der Waals surface area contributed by atoms with Crippen LogP contribution in [0.2, 0.25) is 5.02 Å². The zero-order valence-electron chi connectivity index (χ0n) is 12.9. The second kappa shape index (κ2) is 6.61. The van der Waals surface area contributed by atoms with Gasteiger partial charge in [-0.25, -0.2) is 0 Å². The summed E-state index contributed by atoms with van der Waals surface area (Å²) in [5.41, 5.74) is 0. The third-order valence-corrected chi connectivity index (χ3v) is 5.99. The first-order chi connectivity index (χ1) is 11.0. The summed E-state index contributed by atoms with van der Waals surface area (Å²) in [6.45, 7) is 2.82. The molecule has 0 unspecified atom stereocenters. The molecule has 1 aromatic rings. The van der Waals surface area contributed by atoms with Crippen LogP contribution < -0.4 is 10.1 Å². The highest BCUT2D eigenvalue weighted by Gasteiger charge is 2.52. The lowest BCUT2D eigenvalue weighted by atomic mass is 10.2. The Morgan fingerprint density at radius 3 is 2.96 bits per heavy atom. The van der Waals surface area contributed by atoms with E-state index in [4.69, 9.17) is 16.3 Å². The minimum Gasteiger partial charge on any atom is -0.492 e. The Hall–Kier alpha value is -1.40. The number of carbonyl (C=O) groups excluding carboxylic acids is 2. The van der Waals surface area contributed by atoms with E-state index in [9.17, 15) is 9.59 Å². The summed E-state index contributed by atoms with van der Waals surface area (Å²) in [7, 11) is 0. The SMILES string of the molecule is C[C@]12CCC(=O)N1[C@@H](C(=O)NCCOc1ccc(Cl)cc1)CS2. The van der Waals surface area contributed by atoms with Crippen LogP contribution in [-0.2, 0) is 9.59 Å². The smallest absolute Gasteiger partial charge is 0.243 e. The van der Waals surface area contributed by atoms with Gasteiger partial charge >= 0.3 is 0 Å². The van der Waals surface area contributed by atoms with Gasteiger partial charge in [-0.1, -0.05) is 11.6 Å². The number of hydrogen-bond donors (Lipinski definition) is 1. The third-order valence-electron chi connectivity index (χ3n) is 4.23. The molecule has 0 aromatic heterocycles. The molecule has 2 amide bonds. The summed E-state index contributed by atoms with van der Waals surface area (Å²) in [6, 6.07) is 6.71. The summed E-state index contributed by atoms with van der Waals surface area (Å²) in [4.78, 5) is 25.9. The average molecular weight is 355 g/mol. The van der Waals surface area contributed by atoms with Crippen molar-refractivity contribution in [3.05, 3.63) is 29.3 Å². The predicted molar refractivity (Wildman–Crippen MR) is 90.7 cm³/mol. The molecule has 1 aromatic carbocycles. The van der Waals surface area contributed by atoms with Gasteiger partial charge in [-0.05, 0) is 37.6 Å². The standard InChI is InChI=1S/C16H19ClN2O3S/c1-16-7-6-14(20)19(16)13(10-23-16)15(21)18-8-9-22-12-4-2-11(17)3-5-12/h2-5,13H,6-10H2,1H3,(H,18,21)/t13-,16+/m1/s1. The number of nitrogens with zero attached hydrogens (tertiary/aromatic N) is 1. The number of fused-ring (bicyclic) bond motifs is 1. The molecule has 0 spiro atoms. The minimum absolute atomic E-state index is 0.0788. The van der Waals surface area contributed by atoms with Crippen molar-refractivity contribution < 1.29 is 14.3 Å². The number of halogens is 1. The van der Waals surface area contributed by atoms with E-state index in [0.717, 1.165) is 6.42 Å². The Bertz CT molecular complexity index is 610. The van der Waals surface area contributed by atoms with Gasteiger partial charge in [-0.2, -0.15) is 0 Å². The summed E-state index contributed by atoms with van der Waals surface area (Å²) >= 11 is 7.50. The molecule has 2 fully saturated rings. The molecule has 3 rings (SSSR count). The Kier molecular flexibility index (Phi) is 4.73. The van der Waals surface area contributed by atoms with Gasteiger partial charge in [0, 0.05) is 17.2 Å². The van der Waals surface area contributed by atoms with Crippen LogP contribution in [0.25, 0.3) is 0 Å². The fourth-order valence-corrected chi connectivity index (χ4v) is 4.56. The number of thioether (sulfide) groups is 1. The van der Waals surface area contributed by atoms with Gasteiger partial charge in [0.2, 0.25) is 11.8 Å². The van der Waals surface area contributed by atoms with Crippen molar-refractivity contribution >= 4 is 35.2 Å². The molecule has 1 N–H and O–H groups in total. The molecule has 2 heterocycles. The van der Waals surface area contributed by atoms with Gasteiger partial charge in [0.05, 0.1) is 11.4 Å². The number of amides is 2. The van der Waals surface area contributed by atoms with E-state index in [2.05, 4.69) is 5.32 Å². The molecular weight excluding hydrogens is 336 g/mol. The minimum atomic E-state index is -0.365. The third kappa shape index (κ3) is 3.43. The molecule has 23 heavy (non-hydrogen) atoms. The van der Waals surface area contributed by atoms with Crippen molar-refractivity contribution in [2.75, 3.05) is 18.9 Å². The van der Waals surface area contributed by atoms with Gasteiger partial charge in [-0.15, -0.1) is 11.8 Å². The van der Waals surface area contributed by atoms with Gasteiger partial charge in [0.25, 0.3) is 0 Å². The van der Waals surface area contributed by atoms with Crippen molar-refractivity contribution in [3.8, 4) is 5.75 Å². The van der Waals surface area contributed by atoms with Crippen LogP contribution in [-0.4, -0.2) is 46.5 Å². The highest BCUT2D eigenvalue weighted by Crippen LogP contribution is 2.47. The lowest BCUT2D eigenvalue weighted by Crippen LogP contribution is -2.50. The van der Waals surface area contributed by atoms with Crippen LogP contribution in [0.3, 0.4) is 0 Å². The Morgan fingerprint density at radius 2 is 2.22 bits per heavy atom. The van der Waals surface area contributed by atoms with E-state index in [-0.39, 0.29) is 22.7 Å². The fraction of sp³-hybridized carbons (Fsp3) is 0.500. The summed E-state index contributed by atoms with van der Waals surface area (Å²) in [6.07, 6.45) is 1.35. The number of benzene rings is 1. The second-order valence-electron chi connectivity index (χ2n) is 5.86. The van der Waals surface area contributed by atoms with E-state index >= 15 is 0 Å². The van der Waals surface area contributed by atoms with E-state index in [1.54, 1.807) is 40.9 Å². The van der Waals surface area contributed by atoms with E-state index < -0.39 is 0 Å². The molecule has 0 saturated carbocycles. The molecule has 2 saturated heterocycles. The summed E-state index contributed by atoms with van der Waals surface area (Å²) in [5.74, 6) is 1.35. The van der Waals surface area contributed by atoms with E-state index in [1.165, 1.54) is 0 Å². The van der Waals surface area contributed by atoms with E-state index in [0.29, 0.717) is 36.1 Å². The lowest BCUT2D eigenvalue weighted by molar-refractivity contribution is -0.137. The largest absolute Gasteiger partial charge is 0.492 e. The van der Waals surface area contributed by atoms with Crippen LogP contribution in [0.4, 0.5) is 0 Å². The van der Waals surface area contributed by atoms with Crippen molar-refractivity contribution in [2.24, 2.45) is 0 Å². The van der Waals surface area contributed by atoms with Crippen LogP contribution in [0, 0.1) is 0 Å². The van der Waals surface area contributed by atoms with Gasteiger partial charge < -0.3 is 15.0 Å². The number of hydrogen-bond acceptors (Lipinski definition) is 4. The monoisotopic (exact) mass is 354 g/mol. The van der Waals surface area contributed by atoms with Gasteiger partial charge in [0.15, 0.2) is 0 Å². The highest BCUT2D eigenvalue weighted by atomic mass is 35.5. The van der Waals surface area contributed by atoms with Crippen LogP contribution in [0.15, 0.2) is 24.3 Å². The maximum absolute atomic E-state index is 12.3. The maximum Gasteiger partial charge on any atom is 0.243 e. The normalized spacial score (nSPS) is 26.3. The molecule has 2 atom stereocenters. The van der Waals surface area contributed by atoms with Crippen LogP contribution in [0.5, 0.6) is 5.75 Å². The molecule has 2 aliphatic rings.